The van der Waals surface area contributed by atoms with Crippen molar-refractivity contribution >= 4 is 0 Å². The van der Waals surface area contributed by atoms with Gasteiger partial charge in [0.1, 0.15) is 0 Å². The Morgan fingerprint density at radius 2 is 0.611 bits per heavy atom. The Hall–Kier alpha value is -7.30. The molecule has 4 nitrogen and oxygen atoms in total. The molecule has 0 unspecified atom stereocenters. The summed E-state index contributed by atoms with van der Waals surface area (Å²) in [4.78, 5) is 19.3. The smallest absolute Gasteiger partial charge is 0.164 e. The maximum Gasteiger partial charge on any atom is 0.164 e. The lowest BCUT2D eigenvalue weighted by Gasteiger charge is -2.19. The zero-order valence-corrected chi connectivity index (χ0v) is 29.4. The summed E-state index contributed by atoms with van der Waals surface area (Å²) in [7, 11) is 0. The molecule has 0 radical (unpaired) electrons. The first-order valence-electron chi connectivity index (χ1n) is 18.0. The first-order valence-corrected chi connectivity index (χ1v) is 18.0. The molecule has 0 bridgehead atoms. The molecule has 7 aromatic carbocycles. The molecule has 0 atom stereocenters. The van der Waals surface area contributed by atoms with Crippen LogP contribution in [0.15, 0.2) is 207 Å². The van der Waals surface area contributed by atoms with E-state index in [9.17, 15) is 0 Å². The molecule has 0 aliphatic heterocycles. The van der Waals surface area contributed by atoms with Crippen molar-refractivity contribution in [3.05, 3.63) is 207 Å². The monoisotopic (exact) mass is 690 g/mol. The van der Waals surface area contributed by atoms with E-state index in [1.165, 1.54) is 27.8 Å². The zero-order valence-electron chi connectivity index (χ0n) is 29.4. The van der Waals surface area contributed by atoms with Crippen LogP contribution in [0.5, 0.6) is 0 Å². The minimum absolute atomic E-state index is 0.618. The lowest BCUT2D eigenvalue weighted by atomic mass is 9.84. The Morgan fingerprint density at radius 1 is 0.259 bits per heavy atom. The van der Waals surface area contributed by atoms with Crippen LogP contribution in [0.3, 0.4) is 0 Å². The molecule has 54 heavy (non-hydrogen) atoms. The van der Waals surface area contributed by atoms with Gasteiger partial charge in [-0.15, -0.1) is 0 Å². The summed E-state index contributed by atoms with van der Waals surface area (Å²) >= 11 is 0. The lowest BCUT2D eigenvalue weighted by Crippen LogP contribution is -2.00. The van der Waals surface area contributed by atoms with Crippen LogP contribution < -0.4 is 0 Å². The fraction of sp³-hybridized carbons (Fsp3) is 0. The topological polar surface area (TPSA) is 51.6 Å². The molecule has 2 heterocycles. The van der Waals surface area contributed by atoms with Crippen LogP contribution in [0.1, 0.15) is 0 Å². The largest absolute Gasteiger partial charge is 0.264 e. The van der Waals surface area contributed by atoms with Crippen molar-refractivity contribution in [3.8, 4) is 89.8 Å². The van der Waals surface area contributed by atoms with Gasteiger partial charge in [-0.25, -0.2) is 15.0 Å². The van der Waals surface area contributed by atoms with Gasteiger partial charge in [-0.2, -0.15) is 0 Å². The van der Waals surface area contributed by atoms with Crippen molar-refractivity contribution in [1.29, 1.82) is 0 Å². The maximum absolute atomic E-state index is 5.05. The molecule has 2 aromatic heterocycles. The van der Waals surface area contributed by atoms with Crippen LogP contribution in [0.25, 0.3) is 89.8 Å². The van der Waals surface area contributed by atoms with E-state index in [4.69, 9.17) is 15.0 Å². The van der Waals surface area contributed by atoms with Crippen LogP contribution >= 0.6 is 0 Å². The Kier molecular flexibility index (Phi) is 8.90. The zero-order chi connectivity index (χ0) is 36.1. The fourth-order valence-electron chi connectivity index (χ4n) is 6.92. The van der Waals surface area contributed by atoms with Gasteiger partial charge >= 0.3 is 0 Å². The van der Waals surface area contributed by atoms with E-state index in [2.05, 4.69) is 163 Å². The van der Waals surface area contributed by atoms with E-state index in [-0.39, 0.29) is 0 Å². The number of hydrogen-bond acceptors (Lipinski definition) is 4. The average molecular weight is 691 g/mol. The molecule has 0 amide bonds. The van der Waals surface area contributed by atoms with E-state index in [0.29, 0.717) is 17.5 Å². The summed E-state index contributed by atoms with van der Waals surface area (Å²) in [5, 5.41) is 0. The number of aromatic nitrogens is 4. The summed E-state index contributed by atoms with van der Waals surface area (Å²) < 4.78 is 0. The second kappa shape index (κ2) is 14.7. The van der Waals surface area contributed by atoms with E-state index in [0.717, 1.165) is 44.5 Å². The third-order valence-corrected chi connectivity index (χ3v) is 9.65. The molecule has 9 aromatic rings. The van der Waals surface area contributed by atoms with Gasteiger partial charge in [-0.1, -0.05) is 176 Å². The predicted molar refractivity (Wildman–Crippen MR) is 221 cm³/mol. The van der Waals surface area contributed by atoms with E-state index >= 15 is 0 Å². The minimum atomic E-state index is 0.618. The van der Waals surface area contributed by atoms with Crippen molar-refractivity contribution in [2.24, 2.45) is 0 Å². The molecule has 0 fully saturated rings. The van der Waals surface area contributed by atoms with Crippen LogP contribution in [0.4, 0.5) is 0 Å². The normalized spacial score (nSPS) is 11.0. The highest BCUT2D eigenvalue weighted by molar-refractivity contribution is 5.98. The van der Waals surface area contributed by atoms with Crippen molar-refractivity contribution in [1.82, 2.24) is 19.9 Å². The van der Waals surface area contributed by atoms with Gasteiger partial charge in [0.05, 0.1) is 0 Å². The molecule has 0 N–H and O–H groups in total. The van der Waals surface area contributed by atoms with Gasteiger partial charge in [0, 0.05) is 29.1 Å². The van der Waals surface area contributed by atoms with Gasteiger partial charge in [-0.3, -0.25) is 4.98 Å². The van der Waals surface area contributed by atoms with Gasteiger partial charge < -0.3 is 0 Å². The number of rotatable bonds is 8. The van der Waals surface area contributed by atoms with E-state index in [1.807, 2.05) is 42.6 Å². The number of nitrogens with zero attached hydrogens (tertiary/aromatic N) is 4. The molecule has 0 saturated carbocycles. The SMILES string of the molecule is c1ccc(-c2cc(-c3ccccc3)c(-c3ccc(-c4nc(-c5ccccc5)nc(-c5ccc(-c6cccnc6)cc5)n4)cc3)c(-c3ccccc3)c2)cc1. The number of hydrogen-bond donors (Lipinski definition) is 0. The summed E-state index contributed by atoms with van der Waals surface area (Å²) in [6, 6.07) is 67.6. The van der Waals surface area contributed by atoms with E-state index in [1.54, 1.807) is 6.20 Å². The Balaban J connectivity index is 1.17. The molecule has 0 saturated heterocycles. The molecule has 9 rings (SSSR count). The molecule has 0 aliphatic rings. The highest BCUT2D eigenvalue weighted by Crippen LogP contribution is 2.43. The fourth-order valence-corrected chi connectivity index (χ4v) is 6.92. The second-order valence-electron chi connectivity index (χ2n) is 13.1. The Bertz CT molecular complexity index is 2580. The highest BCUT2D eigenvalue weighted by atomic mass is 15.0. The van der Waals surface area contributed by atoms with Crippen molar-refractivity contribution in [2.75, 3.05) is 0 Å². The lowest BCUT2D eigenvalue weighted by molar-refractivity contribution is 1.07. The maximum atomic E-state index is 5.05. The van der Waals surface area contributed by atoms with Gasteiger partial charge in [0.25, 0.3) is 0 Å². The Morgan fingerprint density at radius 3 is 1.06 bits per heavy atom. The first-order chi connectivity index (χ1) is 26.8. The third-order valence-electron chi connectivity index (χ3n) is 9.65. The molecule has 4 heteroatoms. The molecular weight excluding hydrogens is 657 g/mol. The highest BCUT2D eigenvalue weighted by Gasteiger charge is 2.18. The van der Waals surface area contributed by atoms with Gasteiger partial charge in [-0.05, 0) is 73.8 Å². The van der Waals surface area contributed by atoms with Gasteiger partial charge in [0.2, 0.25) is 0 Å². The molecule has 0 spiro atoms. The van der Waals surface area contributed by atoms with E-state index < -0.39 is 0 Å². The first kappa shape index (κ1) is 32.6. The second-order valence-corrected chi connectivity index (χ2v) is 13.1. The standard InChI is InChI=1S/C50H34N4/c1-5-14-35(15-6-1)44-32-45(37-16-7-2-8-17-37)47(46(33-44)38-18-9-3-10-19-38)39-25-29-42(30-26-39)50-53-48(40-20-11-4-12-21-40)52-49(54-50)41-27-23-36(24-28-41)43-22-13-31-51-34-43/h1-34H. The number of pyridine rings is 1. The third kappa shape index (κ3) is 6.72. The molecule has 254 valence electrons. The summed E-state index contributed by atoms with van der Waals surface area (Å²) in [6.45, 7) is 0. The predicted octanol–water partition coefficient (Wildman–Crippen LogP) is 12.6. The van der Waals surface area contributed by atoms with Crippen molar-refractivity contribution < 1.29 is 0 Å². The molecular formula is C50H34N4. The number of benzene rings is 7. The van der Waals surface area contributed by atoms with Gasteiger partial charge in [0.15, 0.2) is 17.5 Å². The van der Waals surface area contributed by atoms with Crippen molar-refractivity contribution in [2.45, 2.75) is 0 Å². The van der Waals surface area contributed by atoms with Crippen LogP contribution in [0, 0.1) is 0 Å². The van der Waals surface area contributed by atoms with Crippen LogP contribution in [-0.4, -0.2) is 19.9 Å². The minimum Gasteiger partial charge on any atom is -0.264 e. The average Bonchev–Trinajstić information content (AvgIpc) is 3.27. The quantitative estimate of drug-likeness (QED) is 0.159. The van der Waals surface area contributed by atoms with Crippen LogP contribution in [0.2, 0.25) is 0 Å². The summed E-state index contributed by atoms with van der Waals surface area (Å²) in [6.07, 6.45) is 3.66. The summed E-state index contributed by atoms with van der Waals surface area (Å²) in [5.41, 5.74) is 14.2. The van der Waals surface area contributed by atoms with Crippen molar-refractivity contribution in [3.63, 3.8) is 0 Å². The summed E-state index contributed by atoms with van der Waals surface area (Å²) in [5.74, 6) is 1.87. The molecule has 0 aliphatic carbocycles. The van der Waals surface area contributed by atoms with Crippen LogP contribution in [-0.2, 0) is 0 Å². The Labute approximate surface area is 315 Å².